The molecule has 0 aliphatic rings. The Balaban J connectivity index is 3.29. The Labute approximate surface area is 69.6 Å². The Morgan fingerprint density at radius 3 is 2.36 bits per heavy atom. The summed E-state index contributed by atoms with van der Waals surface area (Å²) < 4.78 is 33.1. The van der Waals surface area contributed by atoms with Gasteiger partial charge in [-0.2, -0.15) is 0 Å². The molecule has 0 radical (unpaired) electrons. The van der Waals surface area contributed by atoms with Crippen molar-refractivity contribution >= 4 is 22.3 Å². The van der Waals surface area contributed by atoms with Crippen LogP contribution < -0.4 is 0 Å². The summed E-state index contributed by atoms with van der Waals surface area (Å²) in [5.74, 6) is -0.647. The van der Waals surface area contributed by atoms with Crippen LogP contribution in [0.15, 0.2) is 23.1 Å². The molecule has 5 heteroatoms. The average Bonchev–Trinajstić information content (AvgIpc) is 1.85. The van der Waals surface area contributed by atoms with Crippen LogP contribution >= 0.6 is 11.6 Å². The van der Waals surface area contributed by atoms with Gasteiger partial charge in [-0.25, -0.2) is 12.8 Å². The second-order valence-corrected chi connectivity index (χ2v) is 3.35. The zero-order chi connectivity index (χ0) is 8.43. The lowest BCUT2D eigenvalue weighted by atomic mass is 10.3. The maximum absolute atomic E-state index is 12.4. The molecular formula is C6H4ClFO2S. The molecule has 11 heavy (non-hydrogen) atoms. The highest BCUT2D eigenvalue weighted by atomic mass is 35.5. The van der Waals surface area contributed by atoms with E-state index in [-0.39, 0.29) is 9.92 Å². The highest BCUT2D eigenvalue weighted by Gasteiger charge is 1.99. The van der Waals surface area contributed by atoms with Crippen LogP contribution in [0.3, 0.4) is 0 Å². The maximum Gasteiger partial charge on any atom is 0.168 e. The SMILES string of the molecule is O=[SH](=O)c1cc(F)cc(Cl)c1. The summed E-state index contributed by atoms with van der Waals surface area (Å²) in [7, 11) is -2.75. The highest BCUT2D eigenvalue weighted by Crippen LogP contribution is 2.14. The summed E-state index contributed by atoms with van der Waals surface area (Å²) in [6.07, 6.45) is 0. The number of hydrogen-bond donors (Lipinski definition) is 1. The van der Waals surface area contributed by atoms with Crippen molar-refractivity contribution in [2.75, 3.05) is 0 Å². The van der Waals surface area contributed by atoms with Gasteiger partial charge in [0.05, 0.1) is 4.90 Å². The fourth-order valence-electron chi connectivity index (χ4n) is 0.645. The molecule has 0 heterocycles. The van der Waals surface area contributed by atoms with E-state index in [0.29, 0.717) is 0 Å². The first-order valence-electron chi connectivity index (χ1n) is 2.70. The zero-order valence-corrected chi connectivity index (χ0v) is 6.90. The molecule has 0 aliphatic carbocycles. The predicted octanol–water partition coefficient (Wildman–Crippen LogP) is 1.45. The largest absolute Gasteiger partial charge is 0.227 e. The summed E-state index contributed by atoms with van der Waals surface area (Å²) in [4.78, 5) is -0.106. The Morgan fingerprint density at radius 1 is 1.27 bits per heavy atom. The van der Waals surface area contributed by atoms with E-state index in [9.17, 15) is 12.8 Å². The van der Waals surface area contributed by atoms with E-state index in [1.165, 1.54) is 6.07 Å². The third kappa shape index (κ3) is 2.17. The quantitative estimate of drug-likeness (QED) is 0.687. The van der Waals surface area contributed by atoms with Crippen LogP contribution in [0.5, 0.6) is 0 Å². The van der Waals surface area contributed by atoms with Gasteiger partial charge >= 0.3 is 0 Å². The van der Waals surface area contributed by atoms with Gasteiger partial charge in [0, 0.05) is 5.02 Å². The average molecular weight is 195 g/mol. The van der Waals surface area contributed by atoms with Crippen LogP contribution in [0.2, 0.25) is 5.02 Å². The number of halogens is 2. The highest BCUT2D eigenvalue weighted by molar-refractivity contribution is 7.72. The summed E-state index contributed by atoms with van der Waals surface area (Å²) >= 11 is 5.39. The van der Waals surface area contributed by atoms with Gasteiger partial charge in [-0.05, 0) is 18.2 Å². The smallest absolute Gasteiger partial charge is 0.168 e. The first kappa shape index (κ1) is 8.49. The fraction of sp³-hybridized carbons (Fsp3) is 0. The first-order valence-corrected chi connectivity index (χ1v) is 4.25. The molecule has 1 rings (SSSR count). The molecule has 60 valence electrons. The summed E-state index contributed by atoms with van der Waals surface area (Å²) in [6, 6.07) is 3.15. The zero-order valence-electron chi connectivity index (χ0n) is 5.25. The van der Waals surface area contributed by atoms with Gasteiger partial charge in [-0.15, -0.1) is 0 Å². The molecule has 1 aromatic carbocycles. The van der Waals surface area contributed by atoms with Crippen molar-refractivity contribution in [2.24, 2.45) is 0 Å². The second kappa shape index (κ2) is 3.19. The monoisotopic (exact) mass is 194 g/mol. The van der Waals surface area contributed by atoms with E-state index in [4.69, 9.17) is 11.6 Å². The van der Waals surface area contributed by atoms with Gasteiger partial charge < -0.3 is 0 Å². The minimum atomic E-state index is -2.75. The van der Waals surface area contributed by atoms with Gasteiger partial charge in [-0.1, -0.05) is 11.6 Å². The molecule has 2 nitrogen and oxygen atoms in total. The van der Waals surface area contributed by atoms with Gasteiger partial charge in [0.15, 0.2) is 10.7 Å². The summed E-state index contributed by atoms with van der Waals surface area (Å²) in [6.45, 7) is 0. The maximum atomic E-state index is 12.4. The normalized spacial score (nSPS) is 10.5. The van der Waals surface area contributed by atoms with Crippen molar-refractivity contribution in [2.45, 2.75) is 4.90 Å². The van der Waals surface area contributed by atoms with E-state index in [2.05, 4.69) is 0 Å². The van der Waals surface area contributed by atoms with Crippen LogP contribution in [-0.4, -0.2) is 8.42 Å². The van der Waals surface area contributed by atoms with Crippen LogP contribution in [0, 0.1) is 5.82 Å². The van der Waals surface area contributed by atoms with Crippen LogP contribution in [-0.2, 0) is 10.7 Å². The molecule has 0 aromatic heterocycles. The molecule has 0 atom stereocenters. The number of thiol groups is 1. The van der Waals surface area contributed by atoms with Gasteiger partial charge in [0.25, 0.3) is 0 Å². The number of benzene rings is 1. The Hall–Kier alpha value is -0.610. The predicted molar refractivity (Wildman–Crippen MR) is 40.0 cm³/mol. The molecular weight excluding hydrogens is 191 g/mol. The summed E-state index contributed by atoms with van der Waals surface area (Å²) in [5, 5.41) is 0.0826. The second-order valence-electron chi connectivity index (χ2n) is 1.88. The Bertz CT molecular complexity index is 320. The molecule has 0 spiro atoms. The van der Waals surface area contributed by atoms with E-state index < -0.39 is 16.5 Å². The topological polar surface area (TPSA) is 34.1 Å². The lowest BCUT2D eigenvalue weighted by molar-refractivity contribution is 0.606. The minimum Gasteiger partial charge on any atom is -0.227 e. The van der Waals surface area contributed by atoms with Gasteiger partial charge in [-0.3, -0.25) is 0 Å². The Morgan fingerprint density at radius 2 is 1.91 bits per heavy atom. The lowest BCUT2D eigenvalue weighted by Gasteiger charge is -1.92. The first-order chi connectivity index (χ1) is 5.09. The van der Waals surface area contributed by atoms with Gasteiger partial charge in [0.2, 0.25) is 0 Å². The van der Waals surface area contributed by atoms with E-state index in [0.717, 1.165) is 12.1 Å². The third-order valence-electron chi connectivity index (χ3n) is 1.06. The third-order valence-corrected chi connectivity index (χ3v) is 1.96. The van der Waals surface area contributed by atoms with Crippen LogP contribution in [0.1, 0.15) is 0 Å². The minimum absolute atomic E-state index is 0.0826. The molecule has 0 bridgehead atoms. The van der Waals surface area contributed by atoms with Crippen molar-refractivity contribution in [3.8, 4) is 0 Å². The summed E-state index contributed by atoms with van der Waals surface area (Å²) in [5.41, 5.74) is 0. The van der Waals surface area contributed by atoms with Gasteiger partial charge in [0.1, 0.15) is 5.82 Å². The molecule has 0 unspecified atom stereocenters. The standard InChI is InChI=1S/C6H4ClFO2S/c7-4-1-5(8)3-6(2-4)11(9)10/h1-3,11H. The van der Waals surface area contributed by atoms with Crippen molar-refractivity contribution in [3.63, 3.8) is 0 Å². The lowest BCUT2D eigenvalue weighted by Crippen LogP contribution is -1.82. The molecule has 0 aliphatic heterocycles. The van der Waals surface area contributed by atoms with Crippen molar-refractivity contribution in [1.29, 1.82) is 0 Å². The number of rotatable bonds is 1. The molecule has 1 aromatic rings. The van der Waals surface area contributed by atoms with Crippen molar-refractivity contribution < 1.29 is 12.8 Å². The van der Waals surface area contributed by atoms with Crippen LogP contribution in [0.25, 0.3) is 0 Å². The molecule has 0 saturated heterocycles. The van der Waals surface area contributed by atoms with Crippen molar-refractivity contribution in [1.82, 2.24) is 0 Å². The molecule has 0 amide bonds. The Kier molecular flexibility index (Phi) is 2.46. The van der Waals surface area contributed by atoms with Crippen LogP contribution in [0.4, 0.5) is 4.39 Å². The molecule has 0 N–H and O–H groups in total. The van der Waals surface area contributed by atoms with Crippen molar-refractivity contribution in [3.05, 3.63) is 29.0 Å². The fourth-order valence-corrected chi connectivity index (χ4v) is 1.42. The molecule has 0 fully saturated rings. The number of hydrogen-bond acceptors (Lipinski definition) is 2. The van der Waals surface area contributed by atoms with E-state index >= 15 is 0 Å². The molecule has 0 saturated carbocycles. The van der Waals surface area contributed by atoms with E-state index in [1.54, 1.807) is 0 Å². The van der Waals surface area contributed by atoms with E-state index in [1.807, 2.05) is 0 Å².